The first-order valence-electron chi connectivity index (χ1n) is 38.2. The van der Waals surface area contributed by atoms with Crippen LogP contribution in [0.3, 0.4) is 0 Å². The minimum absolute atomic E-state index is 0. The molecule has 602 valence electrons. The molecule has 3 saturated carbocycles. The van der Waals surface area contributed by atoms with Crippen LogP contribution in [0.4, 0.5) is 11.5 Å². The Morgan fingerprint density at radius 1 is 0.496 bits per heavy atom. The molecule has 1 amide bonds. The van der Waals surface area contributed by atoms with E-state index in [1.54, 1.807) is 92.3 Å². The van der Waals surface area contributed by atoms with Crippen molar-refractivity contribution in [1.29, 1.82) is 0 Å². The third-order valence-electron chi connectivity index (χ3n) is 20.2. The van der Waals surface area contributed by atoms with Crippen LogP contribution in [0.5, 0.6) is 0 Å². The van der Waals surface area contributed by atoms with Gasteiger partial charge in [-0.2, -0.15) is 0 Å². The SMILES string of the molecule is CC(C)n1cnnc1-c1cccc(-n2cnc3cc(Cl)c(-n4cnc(C5CC5)c4)cc3c2=O)n1.CC(C)n1cnnc1-c1cccc(NC(=O)c2cc(-n3cnc(C4CC4)c3)c(Cl)cc2N)n1.Cc1ccc(-c2cc3ncn(-c4cccc(-c5nncn5C(C)C)n4)c(=O)c3cc2-n2cnc(C3CC3)c2)cn1.Cc1ccc(B(O)O)cn1.[CH3-].[W]. The molecular formula is C84H82BCl2N26O5W-. The Balaban J connectivity index is 0.000000138. The minimum Gasteiger partial charge on any atom is -0.423 e. The third kappa shape index (κ3) is 18.1. The number of halogens is 2. The molecule has 31 nitrogen and oxygen atoms in total. The van der Waals surface area contributed by atoms with Gasteiger partial charge in [-0.1, -0.05) is 53.5 Å². The van der Waals surface area contributed by atoms with Crippen molar-refractivity contribution in [3.05, 3.63) is 269 Å². The van der Waals surface area contributed by atoms with E-state index in [1.165, 1.54) is 28.0 Å². The number of nitrogens with two attached hydrogens (primary N) is 1. The summed E-state index contributed by atoms with van der Waals surface area (Å²) < 4.78 is 14.4. The maximum atomic E-state index is 13.9. The van der Waals surface area contributed by atoms with E-state index in [1.807, 2.05) is 148 Å². The molecule has 0 atom stereocenters. The van der Waals surface area contributed by atoms with Gasteiger partial charge in [-0.05, 0) is 179 Å². The average Bonchev–Trinajstić information content (AvgIpc) is 1.73. The van der Waals surface area contributed by atoms with Gasteiger partial charge in [0.15, 0.2) is 17.5 Å². The number of nitrogens with zero attached hydrogens (tertiary/aromatic N) is 24. The summed E-state index contributed by atoms with van der Waals surface area (Å²) in [7, 11) is -1.41. The molecule has 5 N–H and O–H groups in total. The predicted octanol–water partition coefficient (Wildman–Crippen LogP) is 13.4. The molecule has 119 heavy (non-hydrogen) atoms. The molecule has 3 aliphatic carbocycles. The first-order valence-corrected chi connectivity index (χ1v) is 38.9. The number of carbonyl (C=O) groups is 1. The molecule has 0 bridgehead atoms. The van der Waals surface area contributed by atoms with Crippen LogP contribution in [-0.2, 0) is 21.1 Å². The van der Waals surface area contributed by atoms with Gasteiger partial charge in [0.05, 0.1) is 90.5 Å². The fourth-order valence-corrected chi connectivity index (χ4v) is 13.8. The summed E-state index contributed by atoms with van der Waals surface area (Å²) in [6, 6.07) is 34.8. The summed E-state index contributed by atoms with van der Waals surface area (Å²) in [6.45, 7) is 16.1. The molecule has 13 heterocycles. The van der Waals surface area contributed by atoms with Crippen LogP contribution in [0.2, 0.25) is 10.0 Å². The van der Waals surface area contributed by atoms with Crippen LogP contribution in [0, 0.1) is 21.3 Å². The monoisotopic (exact) mass is 1800 g/mol. The zero-order chi connectivity index (χ0) is 81.4. The van der Waals surface area contributed by atoms with E-state index in [-0.39, 0.29) is 69.3 Å². The molecule has 3 aliphatic rings. The molecule has 35 heteroatoms. The number of aryl methyl sites for hydroxylation is 2. The van der Waals surface area contributed by atoms with Crippen molar-refractivity contribution in [1.82, 2.24) is 117 Å². The zero-order valence-electron chi connectivity index (χ0n) is 66.4. The van der Waals surface area contributed by atoms with Gasteiger partial charge in [0.25, 0.3) is 17.0 Å². The number of amides is 1. The van der Waals surface area contributed by atoms with Crippen molar-refractivity contribution in [2.45, 2.75) is 130 Å². The largest absolute Gasteiger partial charge is 0.490 e. The van der Waals surface area contributed by atoms with Crippen molar-refractivity contribution >= 4 is 75.0 Å². The van der Waals surface area contributed by atoms with E-state index in [0.717, 1.165) is 83.8 Å². The summed E-state index contributed by atoms with van der Waals surface area (Å²) in [4.78, 5) is 85.6. The predicted molar refractivity (Wildman–Crippen MR) is 452 cm³/mol. The molecule has 0 aliphatic heterocycles. The first-order chi connectivity index (χ1) is 56.5. The third-order valence-corrected chi connectivity index (χ3v) is 20.8. The van der Waals surface area contributed by atoms with Crippen molar-refractivity contribution in [3.8, 4) is 74.4 Å². The van der Waals surface area contributed by atoms with Gasteiger partial charge in [0.1, 0.15) is 66.2 Å². The topological polar surface area (TPSA) is 375 Å². The number of imidazole rings is 3. The van der Waals surface area contributed by atoms with E-state index < -0.39 is 7.12 Å². The maximum Gasteiger partial charge on any atom is 0.490 e. The van der Waals surface area contributed by atoms with E-state index in [4.69, 9.17) is 44.0 Å². The second kappa shape index (κ2) is 35.2. The Morgan fingerprint density at radius 3 is 1.37 bits per heavy atom. The second-order valence-electron chi connectivity index (χ2n) is 29.8. The number of hydrogen-bond donors (Lipinski definition) is 4. The molecule has 19 rings (SSSR count). The normalized spacial score (nSPS) is 13.0. The molecule has 13 aromatic heterocycles. The van der Waals surface area contributed by atoms with Crippen LogP contribution >= 0.6 is 23.2 Å². The number of aromatic nitrogens is 24. The number of nitrogen functional groups attached to an aromatic ring is 1. The Kier molecular flexibility index (Phi) is 24.5. The number of hydrogen-bond acceptors (Lipinski definition) is 22. The van der Waals surface area contributed by atoms with Crippen LogP contribution in [0.1, 0.15) is 155 Å². The summed E-state index contributed by atoms with van der Waals surface area (Å²) in [5, 5.41) is 46.7. The van der Waals surface area contributed by atoms with E-state index in [2.05, 4.69) is 101 Å². The Bertz CT molecular complexity index is 6500. The van der Waals surface area contributed by atoms with Crippen LogP contribution < -0.4 is 27.6 Å². The Morgan fingerprint density at radius 2 is 0.924 bits per heavy atom. The number of anilines is 2. The van der Waals surface area contributed by atoms with Gasteiger partial charge in [-0.3, -0.25) is 33.5 Å². The Hall–Kier alpha value is -12.7. The zero-order valence-corrected chi connectivity index (χ0v) is 70.8. The molecule has 0 unspecified atom stereocenters. The van der Waals surface area contributed by atoms with Crippen LogP contribution in [0.15, 0.2) is 206 Å². The molecule has 3 aromatic carbocycles. The van der Waals surface area contributed by atoms with Gasteiger partial charge in [0, 0.05) is 122 Å². The molecule has 3 fully saturated rings. The second-order valence-corrected chi connectivity index (χ2v) is 30.6. The summed E-state index contributed by atoms with van der Waals surface area (Å²) >= 11 is 13.0. The number of rotatable bonds is 18. The Labute approximate surface area is 707 Å². The van der Waals surface area contributed by atoms with E-state index in [0.29, 0.717) is 124 Å². The van der Waals surface area contributed by atoms with E-state index >= 15 is 0 Å². The number of nitrogens with one attached hydrogen (secondary N) is 1. The van der Waals surface area contributed by atoms with Crippen molar-refractivity contribution in [2.75, 3.05) is 11.1 Å². The smallest absolute Gasteiger partial charge is 0.423 e. The molecule has 0 radical (unpaired) electrons. The van der Waals surface area contributed by atoms with Gasteiger partial charge < -0.3 is 55.9 Å². The van der Waals surface area contributed by atoms with Crippen molar-refractivity contribution in [2.24, 2.45) is 0 Å². The fourth-order valence-electron chi connectivity index (χ4n) is 13.3. The summed E-state index contributed by atoms with van der Waals surface area (Å²) in [6.07, 6.45) is 29.6. The molecule has 16 aromatic rings. The van der Waals surface area contributed by atoms with Crippen LogP contribution in [0.25, 0.3) is 96.2 Å². The van der Waals surface area contributed by atoms with Crippen LogP contribution in [-0.4, -0.2) is 140 Å². The minimum atomic E-state index is -1.41. The molecule has 0 saturated heterocycles. The standard InChI is InChI=1S/C30H27N9O.C24H21ClN8O.C23H23ClN8O.C6H8BNO2.CH3.W/c1-18(2)38-17-34-36-29(38)24-5-4-6-28(35-24)39-16-33-25-11-22(21-8-7-19(3)31-13-21)27(12-23(25)30(39)40)37-14-26(32-15-37)20-9-10-20;1-14(2)32-13-28-30-23(32)18-4-3-5-22(29-18)33-12-27-19-9-17(25)21(8-16(19)24(33)34)31-10-20(26-11-31)15-6-7-15;1-13(2)32-12-27-30-22(32)18-4-3-5-21(28-18)29-23(33)15-8-20(16(24)9-17(15)25)31-10-19(26-11-31)14-6-7-14;1-5-2-3-6(4-8-5)7(9)10;;/h4-8,11-18,20H,9-10H2,1-3H3;3-5,8-15H,6-7H2,1-2H3;3-5,8-14H,6-7,25H2,1-2H3,(H,28,29,33);2-4,9-10H,1H3;1H3;/q;;;;-1;. The first kappa shape index (κ1) is 82.8. The quantitative estimate of drug-likeness (QED) is 0.0352. The van der Waals surface area contributed by atoms with E-state index in [9.17, 15) is 14.4 Å². The summed E-state index contributed by atoms with van der Waals surface area (Å²) in [5.74, 6) is 4.37. The van der Waals surface area contributed by atoms with Crippen molar-refractivity contribution < 1.29 is 35.9 Å². The number of benzene rings is 3. The number of fused-ring (bicyclic) bond motifs is 2. The molecule has 0 spiro atoms. The average molecular weight is 1800 g/mol. The van der Waals surface area contributed by atoms with Gasteiger partial charge in [-0.15, -0.1) is 30.6 Å². The summed E-state index contributed by atoms with van der Waals surface area (Å²) in [5.41, 5.74) is 18.7. The van der Waals surface area contributed by atoms with Crippen molar-refractivity contribution in [3.63, 3.8) is 0 Å². The maximum absolute atomic E-state index is 13.9. The number of pyridine rings is 5. The number of carbonyl (C=O) groups excluding carboxylic acids is 1. The fraction of sp³-hybridized carbons (Fsp3) is 0.238. The molecular weight excluding hydrogens is 1720 g/mol. The van der Waals surface area contributed by atoms with Gasteiger partial charge in [0.2, 0.25) is 0 Å². The van der Waals surface area contributed by atoms with Gasteiger partial charge in [-0.25, -0.2) is 39.9 Å². The van der Waals surface area contributed by atoms with Gasteiger partial charge >= 0.3 is 7.12 Å².